The highest BCUT2D eigenvalue weighted by atomic mass is 15.1. The number of aryl methyl sites for hydroxylation is 1. The van der Waals surface area contributed by atoms with Crippen molar-refractivity contribution >= 4 is 0 Å². The van der Waals surface area contributed by atoms with Crippen molar-refractivity contribution in [1.82, 2.24) is 14.9 Å². The second-order valence-electron chi connectivity index (χ2n) is 4.57. The highest BCUT2D eigenvalue weighted by Gasteiger charge is 2.09. The molecule has 0 saturated heterocycles. The molecule has 16 heavy (non-hydrogen) atoms. The molecule has 0 aliphatic heterocycles. The predicted molar refractivity (Wildman–Crippen MR) is 68.7 cm³/mol. The topological polar surface area (TPSA) is 29.9 Å². The molecule has 0 spiro atoms. The van der Waals surface area contributed by atoms with Crippen LogP contribution in [0.25, 0.3) is 0 Å². The normalized spacial score (nSPS) is 15.0. The molecule has 1 aromatic rings. The third-order valence-corrected chi connectivity index (χ3v) is 3.07. The van der Waals surface area contributed by atoms with Gasteiger partial charge in [-0.25, -0.2) is 4.98 Å². The first-order valence-electron chi connectivity index (χ1n) is 6.44. The summed E-state index contributed by atoms with van der Waals surface area (Å²) in [5, 5.41) is 3.54. The van der Waals surface area contributed by atoms with Crippen molar-refractivity contribution in [3.05, 3.63) is 18.2 Å². The molecule has 0 fully saturated rings. The minimum Gasteiger partial charge on any atom is -0.331 e. The van der Waals surface area contributed by atoms with Gasteiger partial charge in [0.2, 0.25) is 0 Å². The monoisotopic (exact) mass is 223 g/mol. The quantitative estimate of drug-likeness (QED) is 0.770. The molecule has 1 rings (SSSR count). The summed E-state index contributed by atoms with van der Waals surface area (Å²) in [5.41, 5.74) is 0. The van der Waals surface area contributed by atoms with Gasteiger partial charge in [0, 0.05) is 37.4 Å². The number of hydrogen-bond acceptors (Lipinski definition) is 2. The molecule has 0 aliphatic carbocycles. The molecule has 2 unspecified atom stereocenters. The Morgan fingerprint density at radius 2 is 2.12 bits per heavy atom. The lowest BCUT2D eigenvalue weighted by Crippen LogP contribution is -2.31. The van der Waals surface area contributed by atoms with E-state index in [4.69, 9.17) is 0 Å². The molecule has 1 aromatic heterocycles. The van der Waals surface area contributed by atoms with E-state index in [1.165, 1.54) is 12.2 Å². The molecular weight excluding hydrogens is 198 g/mol. The smallest absolute Gasteiger partial charge is 0.108 e. The van der Waals surface area contributed by atoms with Crippen molar-refractivity contribution in [2.75, 3.05) is 6.54 Å². The third kappa shape index (κ3) is 3.63. The van der Waals surface area contributed by atoms with Gasteiger partial charge in [-0.2, -0.15) is 0 Å². The third-order valence-electron chi connectivity index (χ3n) is 3.07. The maximum atomic E-state index is 4.41. The van der Waals surface area contributed by atoms with E-state index in [1.807, 2.05) is 6.20 Å². The van der Waals surface area contributed by atoms with Gasteiger partial charge in [0.05, 0.1) is 0 Å². The van der Waals surface area contributed by atoms with E-state index in [9.17, 15) is 0 Å². The SMILES string of the molecule is CCCc1nccn1C(C)CNC(C)CC. The van der Waals surface area contributed by atoms with Crippen molar-refractivity contribution in [2.24, 2.45) is 0 Å². The van der Waals surface area contributed by atoms with Gasteiger partial charge in [0.15, 0.2) is 0 Å². The lowest BCUT2D eigenvalue weighted by atomic mass is 10.2. The summed E-state index contributed by atoms with van der Waals surface area (Å²) >= 11 is 0. The van der Waals surface area contributed by atoms with Crippen molar-refractivity contribution in [1.29, 1.82) is 0 Å². The Kier molecular flexibility index (Phi) is 5.53. The summed E-state index contributed by atoms with van der Waals surface area (Å²) < 4.78 is 2.29. The predicted octanol–water partition coefficient (Wildman–Crippen LogP) is 2.78. The minimum atomic E-state index is 0.484. The molecule has 1 heterocycles. The van der Waals surface area contributed by atoms with E-state index >= 15 is 0 Å². The van der Waals surface area contributed by atoms with Crippen LogP contribution in [0.5, 0.6) is 0 Å². The molecule has 0 bridgehead atoms. The van der Waals surface area contributed by atoms with E-state index in [2.05, 4.69) is 48.8 Å². The molecule has 3 heteroatoms. The van der Waals surface area contributed by atoms with E-state index in [-0.39, 0.29) is 0 Å². The van der Waals surface area contributed by atoms with Crippen LogP contribution in [0, 0.1) is 0 Å². The van der Waals surface area contributed by atoms with Crippen molar-refractivity contribution in [3.8, 4) is 0 Å². The average Bonchev–Trinajstić information content (AvgIpc) is 2.74. The number of rotatable bonds is 7. The largest absolute Gasteiger partial charge is 0.331 e. The molecule has 0 radical (unpaired) electrons. The molecule has 92 valence electrons. The Balaban J connectivity index is 2.51. The average molecular weight is 223 g/mol. The first-order valence-corrected chi connectivity index (χ1v) is 6.44. The van der Waals surface area contributed by atoms with Crippen LogP contribution < -0.4 is 5.32 Å². The van der Waals surface area contributed by atoms with Gasteiger partial charge >= 0.3 is 0 Å². The second-order valence-corrected chi connectivity index (χ2v) is 4.57. The van der Waals surface area contributed by atoms with E-state index in [1.54, 1.807) is 0 Å². The first-order chi connectivity index (χ1) is 7.69. The van der Waals surface area contributed by atoms with E-state index in [0.29, 0.717) is 12.1 Å². The molecule has 3 nitrogen and oxygen atoms in total. The Bertz CT molecular complexity index is 293. The van der Waals surface area contributed by atoms with Gasteiger partial charge in [-0.1, -0.05) is 13.8 Å². The molecule has 0 aliphatic rings. The summed E-state index contributed by atoms with van der Waals surface area (Å²) in [6.45, 7) is 9.90. The Labute approximate surface area is 99.3 Å². The lowest BCUT2D eigenvalue weighted by molar-refractivity contribution is 0.435. The molecule has 2 atom stereocenters. The molecule has 0 saturated carbocycles. The minimum absolute atomic E-state index is 0.484. The zero-order valence-electron chi connectivity index (χ0n) is 11.0. The van der Waals surface area contributed by atoms with Gasteiger partial charge in [-0.15, -0.1) is 0 Å². The zero-order chi connectivity index (χ0) is 12.0. The first kappa shape index (κ1) is 13.2. The van der Waals surface area contributed by atoms with Crippen molar-refractivity contribution in [3.63, 3.8) is 0 Å². The van der Waals surface area contributed by atoms with Crippen LogP contribution in [-0.2, 0) is 6.42 Å². The molecular formula is C13H25N3. The number of aromatic nitrogens is 2. The van der Waals surface area contributed by atoms with Crippen LogP contribution in [0.3, 0.4) is 0 Å². The van der Waals surface area contributed by atoms with Gasteiger partial charge in [0.25, 0.3) is 0 Å². The number of nitrogens with zero attached hydrogens (tertiary/aromatic N) is 2. The molecule has 0 amide bonds. The zero-order valence-corrected chi connectivity index (χ0v) is 11.0. The summed E-state index contributed by atoms with van der Waals surface area (Å²) in [5.74, 6) is 1.21. The maximum Gasteiger partial charge on any atom is 0.108 e. The lowest BCUT2D eigenvalue weighted by Gasteiger charge is -2.19. The standard InChI is InChI=1S/C13H25N3/c1-5-7-13-14-8-9-16(13)12(4)10-15-11(3)6-2/h8-9,11-12,15H,5-7,10H2,1-4H3. The van der Waals surface area contributed by atoms with Crippen LogP contribution in [0.4, 0.5) is 0 Å². The summed E-state index contributed by atoms with van der Waals surface area (Å²) in [6, 6.07) is 1.08. The van der Waals surface area contributed by atoms with Gasteiger partial charge in [-0.05, 0) is 26.7 Å². The highest BCUT2D eigenvalue weighted by molar-refractivity contribution is 4.95. The fourth-order valence-electron chi connectivity index (χ4n) is 1.78. The Hall–Kier alpha value is -0.830. The Morgan fingerprint density at radius 3 is 2.75 bits per heavy atom. The van der Waals surface area contributed by atoms with Crippen LogP contribution in [0.15, 0.2) is 12.4 Å². The van der Waals surface area contributed by atoms with Gasteiger partial charge in [-0.3, -0.25) is 0 Å². The van der Waals surface area contributed by atoms with Gasteiger partial charge < -0.3 is 9.88 Å². The number of imidazole rings is 1. The number of nitrogens with one attached hydrogen (secondary N) is 1. The summed E-state index contributed by atoms with van der Waals surface area (Å²) in [6.07, 6.45) is 7.40. The van der Waals surface area contributed by atoms with Crippen molar-refractivity contribution < 1.29 is 0 Å². The fraction of sp³-hybridized carbons (Fsp3) is 0.769. The molecule has 0 aromatic carbocycles. The number of hydrogen-bond donors (Lipinski definition) is 1. The summed E-state index contributed by atoms with van der Waals surface area (Å²) in [7, 11) is 0. The van der Waals surface area contributed by atoms with E-state index < -0.39 is 0 Å². The second kappa shape index (κ2) is 6.69. The van der Waals surface area contributed by atoms with Crippen LogP contribution in [0.1, 0.15) is 52.4 Å². The van der Waals surface area contributed by atoms with Crippen LogP contribution in [0.2, 0.25) is 0 Å². The van der Waals surface area contributed by atoms with Crippen molar-refractivity contribution in [2.45, 2.75) is 59.0 Å². The Morgan fingerprint density at radius 1 is 1.38 bits per heavy atom. The van der Waals surface area contributed by atoms with Crippen LogP contribution >= 0.6 is 0 Å². The van der Waals surface area contributed by atoms with E-state index in [0.717, 1.165) is 19.4 Å². The highest BCUT2D eigenvalue weighted by Crippen LogP contribution is 2.10. The van der Waals surface area contributed by atoms with Gasteiger partial charge in [0.1, 0.15) is 5.82 Å². The summed E-state index contributed by atoms with van der Waals surface area (Å²) in [4.78, 5) is 4.41. The van der Waals surface area contributed by atoms with Crippen LogP contribution in [-0.4, -0.2) is 22.1 Å². The molecule has 1 N–H and O–H groups in total. The maximum absolute atomic E-state index is 4.41. The fourth-order valence-corrected chi connectivity index (χ4v) is 1.78.